The van der Waals surface area contributed by atoms with Crippen LogP contribution in [0.2, 0.25) is 0 Å². The average molecular weight is 187 g/mol. The third kappa shape index (κ3) is 1.91. The highest BCUT2D eigenvalue weighted by molar-refractivity contribution is 8.14. The number of hydrogen-bond acceptors (Lipinski definition) is 4. The number of carbonyl (C=O) groups is 1. The van der Waals surface area contributed by atoms with Gasteiger partial charge >= 0.3 is 0 Å². The molecule has 0 aromatic rings. The second-order valence-electron chi connectivity index (χ2n) is 2.56. The zero-order chi connectivity index (χ0) is 9.14. The molecule has 0 aromatic heterocycles. The van der Waals surface area contributed by atoms with Gasteiger partial charge in [-0.05, 0) is 6.92 Å². The Bertz CT molecular complexity index is 217. The van der Waals surface area contributed by atoms with Crippen molar-refractivity contribution in [3.63, 3.8) is 0 Å². The molecule has 1 rings (SSSR count). The summed E-state index contributed by atoms with van der Waals surface area (Å²) < 4.78 is 0. The number of carboxylic acid groups (broad SMARTS) is 1. The van der Waals surface area contributed by atoms with E-state index in [1.54, 1.807) is 6.92 Å². The van der Waals surface area contributed by atoms with Gasteiger partial charge < -0.3 is 14.8 Å². The quantitative estimate of drug-likeness (QED) is 0.587. The van der Waals surface area contributed by atoms with Crippen LogP contribution in [0.4, 0.5) is 4.79 Å². The highest BCUT2D eigenvalue weighted by Crippen LogP contribution is 2.22. The molecule has 0 bridgehead atoms. The van der Waals surface area contributed by atoms with Gasteiger partial charge in [-0.25, -0.2) is 0 Å². The van der Waals surface area contributed by atoms with Crippen LogP contribution in [0.1, 0.15) is 13.8 Å². The Morgan fingerprint density at radius 2 is 2.58 bits per heavy atom. The molecule has 0 saturated carbocycles. The molecule has 1 amide bonds. The molecule has 5 heteroatoms. The van der Waals surface area contributed by atoms with Crippen molar-refractivity contribution in [1.82, 2.24) is 4.90 Å². The van der Waals surface area contributed by atoms with Crippen LogP contribution in [-0.2, 0) is 0 Å². The molecule has 1 unspecified atom stereocenters. The lowest BCUT2D eigenvalue weighted by molar-refractivity contribution is -0.260. The fourth-order valence-corrected chi connectivity index (χ4v) is 1.94. The molecule has 0 aliphatic carbocycles. The second kappa shape index (κ2) is 3.80. The predicted octanol–water partition coefficient (Wildman–Crippen LogP) is 0.143. The molecule has 68 valence electrons. The first-order valence-electron chi connectivity index (χ1n) is 3.84. The summed E-state index contributed by atoms with van der Waals surface area (Å²) in [7, 11) is 0. The molecule has 0 aromatic carbocycles. The summed E-state index contributed by atoms with van der Waals surface area (Å²) in [4.78, 5) is 15.8. The molecule has 0 radical (unpaired) electrons. The van der Waals surface area contributed by atoms with Gasteiger partial charge in [0.15, 0.2) is 5.17 Å². The van der Waals surface area contributed by atoms with Gasteiger partial charge in [-0.15, -0.1) is 0 Å². The van der Waals surface area contributed by atoms with E-state index in [-0.39, 0.29) is 0 Å². The largest absolute Gasteiger partial charge is 0.530 e. The van der Waals surface area contributed by atoms with E-state index >= 15 is 0 Å². The normalized spacial score (nSPS) is 22.2. The Hall–Kier alpha value is -0.710. The average Bonchev–Trinajstić information content (AvgIpc) is 2.37. The van der Waals surface area contributed by atoms with Gasteiger partial charge in [0.05, 0.1) is 6.54 Å². The van der Waals surface area contributed by atoms with E-state index in [1.165, 1.54) is 11.8 Å². The van der Waals surface area contributed by atoms with Crippen molar-refractivity contribution < 1.29 is 9.90 Å². The molecule has 1 atom stereocenters. The van der Waals surface area contributed by atoms with E-state index in [0.29, 0.717) is 23.5 Å². The minimum Gasteiger partial charge on any atom is -0.530 e. The van der Waals surface area contributed by atoms with Crippen LogP contribution in [0.25, 0.3) is 0 Å². The molecule has 1 aliphatic heterocycles. The van der Waals surface area contributed by atoms with E-state index < -0.39 is 6.09 Å². The number of rotatable bonds is 1. The number of nitrogens with zero attached hydrogens (tertiary/aromatic N) is 2. The van der Waals surface area contributed by atoms with E-state index in [9.17, 15) is 9.90 Å². The lowest BCUT2D eigenvalue weighted by Gasteiger charge is -2.22. The number of amides is 1. The first-order valence-corrected chi connectivity index (χ1v) is 4.72. The highest BCUT2D eigenvalue weighted by Gasteiger charge is 2.20. The monoisotopic (exact) mass is 187 g/mol. The van der Waals surface area contributed by atoms with Gasteiger partial charge in [-0.2, -0.15) is 0 Å². The summed E-state index contributed by atoms with van der Waals surface area (Å²) in [6.45, 7) is 4.89. The highest BCUT2D eigenvalue weighted by atomic mass is 32.2. The molecular weight excluding hydrogens is 176 g/mol. The number of thioether (sulfide) groups is 1. The van der Waals surface area contributed by atoms with Crippen molar-refractivity contribution in [1.29, 1.82) is 0 Å². The van der Waals surface area contributed by atoms with Gasteiger partial charge in [-0.3, -0.25) is 4.99 Å². The summed E-state index contributed by atoms with van der Waals surface area (Å²) in [5, 5.41) is 11.5. The number of carbonyl (C=O) groups excluding carboxylic acids is 1. The van der Waals surface area contributed by atoms with Crippen LogP contribution in [0.5, 0.6) is 0 Å². The lowest BCUT2D eigenvalue weighted by atomic mass is 10.5. The van der Waals surface area contributed by atoms with Crippen LogP contribution in [0.3, 0.4) is 0 Å². The molecular formula is C7H11N2O2S-. The molecule has 0 saturated heterocycles. The zero-order valence-electron chi connectivity index (χ0n) is 7.11. The Labute approximate surface area is 75.7 Å². The van der Waals surface area contributed by atoms with Gasteiger partial charge in [-0.1, -0.05) is 18.7 Å². The number of amidine groups is 1. The van der Waals surface area contributed by atoms with Crippen molar-refractivity contribution in [3.8, 4) is 0 Å². The SMILES string of the molecule is CCN(C(=O)[O-])C1=NCC(C)S1. The predicted molar refractivity (Wildman–Crippen MR) is 47.1 cm³/mol. The maximum atomic E-state index is 10.5. The standard InChI is InChI=1S/C7H12N2O2S/c1-3-9(7(10)11)6-8-4-5(2)12-6/h5H,3-4H2,1-2H3,(H,10,11)/p-1. The lowest BCUT2D eigenvalue weighted by Crippen LogP contribution is -2.43. The van der Waals surface area contributed by atoms with E-state index in [2.05, 4.69) is 4.99 Å². The maximum Gasteiger partial charge on any atom is 0.164 e. The molecule has 4 nitrogen and oxygen atoms in total. The van der Waals surface area contributed by atoms with Gasteiger partial charge in [0.25, 0.3) is 0 Å². The fourth-order valence-electron chi connectivity index (χ4n) is 0.953. The van der Waals surface area contributed by atoms with Crippen molar-refractivity contribution >= 4 is 23.0 Å². The van der Waals surface area contributed by atoms with E-state index in [4.69, 9.17) is 0 Å². The van der Waals surface area contributed by atoms with Gasteiger partial charge in [0, 0.05) is 11.8 Å². The van der Waals surface area contributed by atoms with Crippen molar-refractivity contribution in [2.75, 3.05) is 13.1 Å². The smallest absolute Gasteiger partial charge is 0.164 e. The van der Waals surface area contributed by atoms with E-state index in [1.807, 2.05) is 6.92 Å². The molecule has 1 aliphatic rings. The van der Waals surface area contributed by atoms with Crippen LogP contribution < -0.4 is 5.11 Å². The van der Waals surface area contributed by atoms with Crippen LogP contribution in [-0.4, -0.2) is 34.5 Å². The Kier molecular flexibility index (Phi) is 2.97. The summed E-state index contributed by atoms with van der Waals surface area (Å²) >= 11 is 1.48. The molecule has 0 spiro atoms. The minimum absolute atomic E-state index is 0.383. The van der Waals surface area contributed by atoms with Crippen molar-refractivity contribution in [3.05, 3.63) is 0 Å². The second-order valence-corrected chi connectivity index (χ2v) is 3.97. The number of aliphatic imine (C=N–C) groups is 1. The minimum atomic E-state index is -1.17. The third-order valence-electron chi connectivity index (χ3n) is 1.56. The van der Waals surface area contributed by atoms with E-state index in [0.717, 1.165) is 4.90 Å². The Balaban J connectivity index is 2.62. The Morgan fingerprint density at radius 3 is 2.92 bits per heavy atom. The zero-order valence-corrected chi connectivity index (χ0v) is 7.93. The summed E-state index contributed by atoms with van der Waals surface area (Å²) in [5.41, 5.74) is 0. The summed E-state index contributed by atoms with van der Waals surface area (Å²) in [6.07, 6.45) is -1.17. The van der Waals surface area contributed by atoms with Gasteiger partial charge in [0.1, 0.15) is 6.09 Å². The summed E-state index contributed by atoms with van der Waals surface area (Å²) in [5.74, 6) is 0. The third-order valence-corrected chi connectivity index (χ3v) is 2.67. The van der Waals surface area contributed by atoms with Crippen molar-refractivity contribution in [2.24, 2.45) is 4.99 Å². The van der Waals surface area contributed by atoms with Crippen LogP contribution in [0.15, 0.2) is 4.99 Å². The first-order chi connectivity index (χ1) is 5.65. The van der Waals surface area contributed by atoms with Crippen molar-refractivity contribution in [2.45, 2.75) is 19.1 Å². The number of hydrogen-bond donors (Lipinski definition) is 0. The maximum absolute atomic E-state index is 10.5. The Morgan fingerprint density at radius 1 is 1.92 bits per heavy atom. The fraction of sp³-hybridized carbons (Fsp3) is 0.714. The topological polar surface area (TPSA) is 55.7 Å². The molecule has 0 fully saturated rings. The molecule has 1 heterocycles. The summed E-state index contributed by atoms with van der Waals surface area (Å²) in [6, 6.07) is 0. The van der Waals surface area contributed by atoms with Gasteiger partial charge in [0.2, 0.25) is 0 Å². The van der Waals surface area contributed by atoms with Crippen LogP contribution in [0, 0.1) is 0 Å². The molecule has 0 N–H and O–H groups in total. The molecule has 12 heavy (non-hydrogen) atoms. The van der Waals surface area contributed by atoms with Crippen LogP contribution >= 0.6 is 11.8 Å². The first kappa shape index (κ1) is 9.38.